The van der Waals surface area contributed by atoms with E-state index >= 15 is 0 Å². The summed E-state index contributed by atoms with van der Waals surface area (Å²) in [5.74, 6) is 1.11. The van der Waals surface area contributed by atoms with Gasteiger partial charge in [-0.05, 0) is 36.4 Å². The minimum Gasteiger partial charge on any atom is -0.467 e. The number of furan rings is 1. The maximum absolute atomic E-state index is 12.5. The van der Waals surface area contributed by atoms with Gasteiger partial charge in [0.15, 0.2) is 5.16 Å². The third kappa shape index (κ3) is 3.75. The minimum atomic E-state index is 0.0306. The van der Waals surface area contributed by atoms with Crippen LogP contribution in [0.5, 0.6) is 0 Å². The molecular formula is C21H19N3O2S. The third-order valence-electron chi connectivity index (χ3n) is 4.27. The molecule has 4 aromatic rings. The van der Waals surface area contributed by atoms with E-state index in [1.165, 1.54) is 11.8 Å². The Morgan fingerprint density at radius 2 is 1.85 bits per heavy atom. The zero-order chi connectivity index (χ0) is 18.6. The van der Waals surface area contributed by atoms with Crippen LogP contribution in [0.2, 0.25) is 0 Å². The number of hydrogen-bond acceptors (Lipinski definition) is 4. The third-order valence-corrected chi connectivity index (χ3v) is 5.19. The number of nitrogens with zero attached hydrogens (tertiary/aromatic N) is 3. The fourth-order valence-corrected chi connectivity index (χ4v) is 3.86. The first-order valence-corrected chi connectivity index (χ1v) is 9.63. The number of hydrogen-bond donors (Lipinski definition) is 0. The van der Waals surface area contributed by atoms with Crippen LogP contribution in [-0.4, -0.2) is 33.2 Å². The Morgan fingerprint density at radius 1 is 1.07 bits per heavy atom. The van der Waals surface area contributed by atoms with Gasteiger partial charge in [-0.2, -0.15) is 0 Å². The second-order valence-corrected chi connectivity index (χ2v) is 7.11. The molecule has 6 heteroatoms. The van der Waals surface area contributed by atoms with Crippen molar-refractivity contribution < 1.29 is 9.21 Å². The molecule has 0 bridgehead atoms. The van der Waals surface area contributed by atoms with Crippen molar-refractivity contribution in [3.8, 4) is 5.69 Å². The highest BCUT2D eigenvalue weighted by Gasteiger charge is 2.16. The number of amides is 1. The van der Waals surface area contributed by atoms with Gasteiger partial charge in [-0.15, -0.1) is 0 Å². The van der Waals surface area contributed by atoms with Crippen LogP contribution in [0.3, 0.4) is 0 Å². The van der Waals surface area contributed by atoms with Crippen LogP contribution in [0.15, 0.2) is 82.6 Å². The molecule has 0 aliphatic rings. The van der Waals surface area contributed by atoms with E-state index < -0.39 is 0 Å². The Bertz CT molecular complexity index is 1040. The number of para-hydroxylation sites is 3. The second-order valence-electron chi connectivity index (χ2n) is 6.17. The smallest absolute Gasteiger partial charge is 0.233 e. The van der Waals surface area contributed by atoms with Crippen LogP contribution in [-0.2, 0) is 11.3 Å². The van der Waals surface area contributed by atoms with E-state index in [9.17, 15) is 4.79 Å². The van der Waals surface area contributed by atoms with E-state index in [-0.39, 0.29) is 5.91 Å². The Labute approximate surface area is 161 Å². The summed E-state index contributed by atoms with van der Waals surface area (Å²) in [5.41, 5.74) is 2.98. The SMILES string of the molecule is CN(Cc1ccco1)C(=O)CSc1nc2ccccc2n1-c1ccccc1. The molecule has 136 valence electrons. The predicted molar refractivity (Wildman–Crippen MR) is 107 cm³/mol. The number of imidazole rings is 1. The maximum Gasteiger partial charge on any atom is 0.233 e. The standard InChI is InChI=1S/C21H19N3O2S/c1-23(14-17-10-7-13-26-17)20(25)15-27-21-22-18-11-5-6-12-19(18)24(21)16-8-3-2-4-9-16/h2-13H,14-15H2,1H3. The van der Waals surface area contributed by atoms with Gasteiger partial charge in [-0.1, -0.05) is 42.1 Å². The quantitative estimate of drug-likeness (QED) is 0.468. The van der Waals surface area contributed by atoms with E-state index in [1.54, 1.807) is 18.2 Å². The first-order chi connectivity index (χ1) is 13.2. The van der Waals surface area contributed by atoms with Crippen LogP contribution in [0.25, 0.3) is 16.7 Å². The van der Waals surface area contributed by atoms with Gasteiger partial charge < -0.3 is 9.32 Å². The van der Waals surface area contributed by atoms with Crippen LogP contribution >= 0.6 is 11.8 Å². The number of fused-ring (bicyclic) bond motifs is 1. The summed E-state index contributed by atoms with van der Waals surface area (Å²) in [7, 11) is 1.78. The van der Waals surface area contributed by atoms with Gasteiger partial charge in [0.1, 0.15) is 5.76 Å². The second kappa shape index (κ2) is 7.72. The lowest BCUT2D eigenvalue weighted by Crippen LogP contribution is -2.27. The average Bonchev–Trinajstić information content (AvgIpc) is 3.33. The number of carbonyl (C=O) groups excluding carboxylic acids is 1. The molecule has 2 aromatic carbocycles. The Hall–Kier alpha value is -2.99. The van der Waals surface area contributed by atoms with E-state index in [1.807, 2.05) is 66.7 Å². The predicted octanol–water partition coefficient (Wildman–Crippen LogP) is 4.37. The molecule has 0 atom stereocenters. The fraction of sp³-hybridized carbons (Fsp3) is 0.143. The summed E-state index contributed by atoms with van der Waals surface area (Å²) < 4.78 is 7.41. The molecule has 4 rings (SSSR count). The highest BCUT2D eigenvalue weighted by Crippen LogP contribution is 2.28. The summed E-state index contributed by atoms with van der Waals surface area (Å²) in [6.07, 6.45) is 1.62. The first kappa shape index (κ1) is 17.4. The van der Waals surface area contributed by atoms with Crippen molar-refractivity contribution in [2.24, 2.45) is 0 Å². The molecule has 0 fully saturated rings. The summed E-state index contributed by atoms with van der Waals surface area (Å²) in [6.45, 7) is 0.460. The molecule has 0 aliphatic heterocycles. The number of benzene rings is 2. The molecular weight excluding hydrogens is 358 g/mol. The van der Waals surface area contributed by atoms with Crippen LogP contribution < -0.4 is 0 Å². The molecule has 0 radical (unpaired) electrons. The van der Waals surface area contributed by atoms with E-state index in [2.05, 4.69) is 4.57 Å². The largest absolute Gasteiger partial charge is 0.467 e. The van der Waals surface area contributed by atoms with Crippen LogP contribution in [0.4, 0.5) is 0 Å². The van der Waals surface area contributed by atoms with Gasteiger partial charge >= 0.3 is 0 Å². The molecule has 0 saturated heterocycles. The number of aromatic nitrogens is 2. The van der Waals surface area contributed by atoms with E-state index in [0.29, 0.717) is 12.3 Å². The Kier molecular flexibility index (Phi) is 4.98. The molecule has 0 N–H and O–H groups in total. The number of carbonyl (C=O) groups is 1. The van der Waals surface area contributed by atoms with Crippen molar-refractivity contribution in [1.82, 2.24) is 14.5 Å². The molecule has 0 saturated carbocycles. The maximum atomic E-state index is 12.5. The number of rotatable bonds is 6. The fourth-order valence-electron chi connectivity index (χ4n) is 2.89. The molecule has 0 unspecified atom stereocenters. The van der Waals surface area contributed by atoms with Gasteiger partial charge in [0.2, 0.25) is 5.91 Å². The number of thioether (sulfide) groups is 1. The summed E-state index contributed by atoms with van der Waals surface area (Å²) >= 11 is 1.45. The van der Waals surface area contributed by atoms with Crippen molar-refractivity contribution in [1.29, 1.82) is 0 Å². The van der Waals surface area contributed by atoms with E-state index in [4.69, 9.17) is 9.40 Å². The van der Waals surface area contributed by atoms with Gasteiger partial charge in [0.25, 0.3) is 0 Å². The average molecular weight is 377 g/mol. The van der Waals surface area contributed by atoms with Gasteiger partial charge in [0, 0.05) is 12.7 Å². The first-order valence-electron chi connectivity index (χ1n) is 8.64. The van der Waals surface area contributed by atoms with Crippen LogP contribution in [0, 0.1) is 0 Å². The lowest BCUT2D eigenvalue weighted by Gasteiger charge is -2.15. The Balaban J connectivity index is 1.56. The normalized spacial score (nSPS) is 11.0. The summed E-state index contributed by atoms with van der Waals surface area (Å²) in [5, 5.41) is 0.808. The molecule has 1 amide bonds. The van der Waals surface area contributed by atoms with Gasteiger partial charge in [0.05, 0.1) is 29.6 Å². The van der Waals surface area contributed by atoms with Crippen molar-refractivity contribution in [2.45, 2.75) is 11.7 Å². The lowest BCUT2D eigenvalue weighted by atomic mass is 10.3. The minimum absolute atomic E-state index is 0.0306. The van der Waals surface area contributed by atoms with Crippen molar-refractivity contribution in [3.05, 3.63) is 78.8 Å². The summed E-state index contributed by atoms with van der Waals surface area (Å²) in [4.78, 5) is 18.9. The lowest BCUT2D eigenvalue weighted by molar-refractivity contribution is -0.127. The zero-order valence-corrected chi connectivity index (χ0v) is 15.7. The monoisotopic (exact) mass is 377 g/mol. The molecule has 2 aromatic heterocycles. The molecule has 5 nitrogen and oxygen atoms in total. The van der Waals surface area contributed by atoms with Crippen LogP contribution in [0.1, 0.15) is 5.76 Å². The van der Waals surface area contributed by atoms with E-state index in [0.717, 1.165) is 27.6 Å². The summed E-state index contributed by atoms with van der Waals surface area (Å²) in [6, 6.07) is 21.8. The van der Waals surface area contributed by atoms with Crippen molar-refractivity contribution in [3.63, 3.8) is 0 Å². The molecule has 0 aliphatic carbocycles. The molecule has 0 spiro atoms. The van der Waals surface area contributed by atoms with Crippen molar-refractivity contribution >= 4 is 28.7 Å². The highest BCUT2D eigenvalue weighted by atomic mass is 32.2. The topological polar surface area (TPSA) is 51.3 Å². The Morgan fingerprint density at radius 3 is 2.63 bits per heavy atom. The highest BCUT2D eigenvalue weighted by molar-refractivity contribution is 7.99. The zero-order valence-electron chi connectivity index (χ0n) is 14.9. The van der Waals surface area contributed by atoms with Gasteiger partial charge in [-0.3, -0.25) is 9.36 Å². The van der Waals surface area contributed by atoms with Gasteiger partial charge in [-0.25, -0.2) is 4.98 Å². The molecule has 27 heavy (non-hydrogen) atoms. The van der Waals surface area contributed by atoms with Crippen molar-refractivity contribution in [2.75, 3.05) is 12.8 Å². The molecule has 2 heterocycles.